The second kappa shape index (κ2) is 3.11. The van der Waals surface area contributed by atoms with Crippen LogP contribution < -0.4 is 0 Å². The maximum absolute atomic E-state index is 5.42. The van der Waals surface area contributed by atoms with Gasteiger partial charge in [0.25, 0.3) is 0 Å². The predicted molar refractivity (Wildman–Crippen MR) is 59.4 cm³/mol. The first kappa shape index (κ1) is 8.50. The van der Waals surface area contributed by atoms with E-state index in [9.17, 15) is 0 Å². The number of aromatic amines is 1. The summed E-state index contributed by atoms with van der Waals surface area (Å²) >= 11 is 3.55. The molecule has 2 heterocycles. The number of rotatable bonds is 0. The quantitative estimate of drug-likeness (QED) is 0.766. The lowest BCUT2D eigenvalue weighted by Gasteiger charge is -2.11. The van der Waals surface area contributed by atoms with Gasteiger partial charge in [0.1, 0.15) is 0 Å². The molecule has 1 N–H and O–H groups in total. The van der Waals surface area contributed by atoms with Crippen LogP contribution in [0.4, 0.5) is 0 Å². The van der Waals surface area contributed by atoms with Crippen LogP contribution in [-0.4, -0.2) is 11.6 Å². The third-order valence-corrected chi connectivity index (χ3v) is 3.38. The van der Waals surface area contributed by atoms with Crippen molar-refractivity contribution in [3.8, 4) is 0 Å². The molecule has 1 aliphatic heterocycles. The van der Waals surface area contributed by atoms with Crippen molar-refractivity contribution >= 4 is 26.8 Å². The summed E-state index contributed by atoms with van der Waals surface area (Å²) in [5.41, 5.74) is 3.86. The van der Waals surface area contributed by atoms with Gasteiger partial charge in [-0.2, -0.15) is 0 Å². The summed E-state index contributed by atoms with van der Waals surface area (Å²) in [6, 6.07) is 6.31. The van der Waals surface area contributed by atoms with Crippen molar-refractivity contribution in [2.45, 2.75) is 13.0 Å². The number of benzene rings is 1. The molecule has 2 aromatic rings. The largest absolute Gasteiger partial charge is 0.375 e. The number of hydrogen-bond donors (Lipinski definition) is 1. The molecule has 2 nitrogen and oxygen atoms in total. The number of H-pyrrole nitrogens is 1. The molecule has 0 saturated heterocycles. The normalized spacial score (nSPS) is 15.8. The fourth-order valence-corrected chi connectivity index (χ4v) is 2.51. The highest BCUT2D eigenvalue weighted by Gasteiger charge is 2.16. The van der Waals surface area contributed by atoms with Gasteiger partial charge in [0, 0.05) is 15.6 Å². The van der Waals surface area contributed by atoms with E-state index in [1.54, 1.807) is 0 Å². The molecular weight excluding hydrogens is 242 g/mol. The summed E-state index contributed by atoms with van der Waals surface area (Å²) in [7, 11) is 0. The highest BCUT2D eigenvalue weighted by molar-refractivity contribution is 9.10. The Labute approximate surface area is 90.4 Å². The standard InChI is InChI=1S/C11H10BrNO/c12-9-3-1-2-8-7-4-5-14-6-10(7)13-11(8)9/h1-3,13H,4-6H2. The Morgan fingerprint density at radius 2 is 2.29 bits per heavy atom. The van der Waals surface area contributed by atoms with Gasteiger partial charge in [-0.1, -0.05) is 12.1 Å². The number of halogens is 1. The molecule has 0 amide bonds. The van der Waals surface area contributed by atoms with Crippen LogP contribution in [0.5, 0.6) is 0 Å². The van der Waals surface area contributed by atoms with E-state index in [4.69, 9.17) is 4.74 Å². The Balaban J connectivity index is 2.36. The van der Waals surface area contributed by atoms with Crippen molar-refractivity contribution in [3.63, 3.8) is 0 Å². The zero-order valence-corrected chi connectivity index (χ0v) is 9.23. The van der Waals surface area contributed by atoms with Gasteiger partial charge in [0.2, 0.25) is 0 Å². The molecule has 0 radical (unpaired) electrons. The zero-order valence-electron chi connectivity index (χ0n) is 7.64. The number of nitrogens with one attached hydrogen (secondary N) is 1. The Kier molecular flexibility index (Phi) is 1.89. The molecule has 0 atom stereocenters. The number of ether oxygens (including phenoxy) is 1. The van der Waals surface area contributed by atoms with Crippen molar-refractivity contribution in [1.29, 1.82) is 0 Å². The summed E-state index contributed by atoms with van der Waals surface area (Å²) in [6.07, 6.45) is 1.02. The van der Waals surface area contributed by atoms with Crippen LogP contribution in [0.3, 0.4) is 0 Å². The Bertz CT molecular complexity index is 489. The molecule has 0 saturated carbocycles. The lowest BCUT2D eigenvalue weighted by Crippen LogP contribution is -2.08. The van der Waals surface area contributed by atoms with Crippen LogP contribution in [0, 0.1) is 0 Å². The van der Waals surface area contributed by atoms with Crippen LogP contribution >= 0.6 is 15.9 Å². The molecule has 3 heteroatoms. The van der Waals surface area contributed by atoms with Gasteiger partial charge >= 0.3 is 0 Å². The molecule has 0 bridgehead atoms. The van der Waals surface area contributed by atoms with Crippen molar-refractivity contribution < 1.29 is 4.74 Å². The minimum absolute atomic E-state index is 0.719. The fraction of sp³-hybridized carbons (Fsp3) is 0.273. The van der Waals surface area contributed by atoms with Gasteiger partial charge in [0.15, 0.2) is 0 Å². The maximum atomic E-state index is 5.42. The van der Waals surface area contributed by atoms with E-state index in [2.05, 4.69) is 39.1 Å². The third-order valence-electron chi connectivity index (χ3n) is 2.72. The summed E-state index contributed by atoms with van der Waals surface area (Å²) in [5, 5.41) is 1.33. The summed E-state index contributed by atoms with van der Waals surface area (Å²) in [4.78, 5) is 3.41. The number of aromatic nitrogens is 1. The van der Waals surface area contributed by atoms with E-state index >= 15 is 0 Å². The van der Waals surface area contributed by atoms with Gasteiger partial charge in [-0.3, -0.25) is 0 Å². The van der Waals surface area contributed by atoms with E-state index in [1.165, 1.54) is 22.2 Å². The smallest absolute Gasteiger partial charge is 0.0869 e. The van der Waals surface area contributed by atoms with Gasteiger partial charge in [-0.05, 0) is 34.0 Å². The van der Waals surface area contributed by atoms with E-state index in [-0.39, 0.29) is 0 Å². The molecule has 1 aliphatic rings. The van der Waals surface area contributed by atoms with Gasteiger partial charge < -0.3 is 9.72 Å². The minimum Gasteiger partial charge on any atom is -0.375 e. The Hall–Kier alpha value is -0.800. The molecule has 72 valence electrons. The lowest BCUT2D eigenvalue weighted by molar-refractivity contribution is 0.109. The second-order valence-corrected chi connectivity index (χ2v) is 4.40. The molecule has 1 aromatic carbocycles. The van der Waals surface area contributed by atoms with Gasteiger partial charge in [0.05, 0.1) is 18.7 Å². The molecule has 3 rings (SSSR count). The number of hydrogen-bond acceptors (Lipinski definition) is 1. The molecule has 0 aliphatic carbocycles. The van der Waals surface area contributed by atoms with E-state index in [0.29, 0.717) is 0 Å². The van der Waals surface area contributed by atoms with Crippen LogP contribution in [0.2, 0.25) is 0 Å². The summed E-state index contributed by atoms with van der Waals surface area (Å²) < 4.78 is 6.55. The van der Waals surface area contributed by atoms with Crippen molar-refractivity contribution in [2.75, 3.05) is 6.61 Å². The zero-order chi connectivity index (χ0) is 9.54. The van der Waals surface area contributed by atoms with E-state index < -0.39 is 0 Å². The first-order valence-electron chi connectivity index (χ1n) is 4.72. The molecule has 14 heavy (non-hydrogen) atoms. The Morgan fingerprint density at radius 1 is 1.36 bits per heavy atom. The van der Waals surface area contributed by atoms with E-state index in [0.717, 1.165) is 24.1 Å². The van der Waals surface area contributed by atoms with Crippen molar-refractivity contribution in [3.05, 3.63) is 33.9 Å². The highest BCUT2D eigenvalue weighted by Crippen LogP contribution is 2.30. The average molecular weight is 252 g/mol. The molecule has 0 fully saturated rings. The first-order chi connectivity index (χ1) is 6.86. The fourth-order valence-electron chi connectivity index (χ4n) is 2.05. The van der Waals surface area contributed by atoms with Crippen molar-refractivity contribution in [2.24, 2.45) is 0 Å². The molecular formula is C11H10BrNO. The van der Waals surface area contributed by atoms with Gasteiger partial charge in [-0.25, -0.2) is 0 Å². The maximum Gasteiger partial charge on any atom is 0.0869 e. The summed E-state index contributed by atoms with van der Waals surface area (Å²) in [5.74, 6) is 0. The Morgan fingerprint density at radius 3 is 3.21 bits per heavy atom. The predicted octanol–water partition coefficient (Wildman–Crippen LogP) is 3.00. The monoisotopic (exact) mass is 251 g/mol. The van der Waals surface area contributed by atoms with Crippen LogP contribution in [0.15, 0.2) is 22.7 Å². The summed E-state index contributed by atoms with van der Waals surface area (Å²) in [6.45, 7) is 1.56. The highest BCUT2D eigenvalue weighted by atomic mass is 79.9. The topological polar surface area (TPSA) is 25.0 Å². The first-order valence-corrected chi connectivity index (χ1v) is 5.51. The number of para-hydroxylation sites is 1. The number of fused-ring (bicyclic) bond motifs is 3. The van der Waals surface area contributed by atoms with Crippen molar-refractivity contribution in [1.82, 2.24) is 4.98 Å². The SMILES string of the molecule is Brc1cccc2c3c([nH]c12)COCC3. The average Bonchev–Trinajstić information content (AvgIpc) is 2.59. The van der Waals surface area contributed by atoms with Crippen LogP contribution in [0.1, 0.15) is 11.3 Å². The second-order valence-electron chi connectivity index (χ2n) is 3.55. The van der Waals surface area contributed by atoms with Gasteiger partial charge in [-0.15, -0.1) is 0 Å². The lowest BCUT2D eigenvalue weighted by atomic mass is 10.1. The molecule has 0 unspecified atom stereocenters. The minimum atomic E-state index is 0.719. The third kappa shape index (κ3) is 1.12. The molecule has 0 spiro atoms. The van der Waals surface area contributed by atoms with Crippen LogP contribution in [0.25, 0.3) is 10.9 Å². The molecule has 1 aromatic heterocycles. The van der Waals surface area contributed by atoms with E-state index in [1.807, 2.05) is 0 Å². The van der Waals surface area contributed by atoms with Crippen LogP contribution in [-0.2, 0) is 17.8 Å².